The molecule has 6 N–H and O–H groups in total. The summed E-state index contributed by atoms with van der Waals surface area (Å²) in [6, 6.07) is -0.573. The Kier molecular flexibility index (Phi) is 6.25. The van der Waals surface area contributed by atoms with E-state index in [1.807, 2.05) is 0 Å². The van der Waals surface area contributed by atoms with Gasteiger partial charge >= 0.3 is 12.1 Å². The molecule has 0 saturated carbocycles. The second kappa shape index (κ2) is 6.92. The summed E-state index contributed by atoms with van der Waals surface area (Å²) in [4.78, 5) is 30.6. The van der Waals surface area contributed by atoms with Crippen molar-refractivity contribution >= 4 is 17.8 Å². The van der Waals surface area contributed by atoms with Gasteiger partial charge in [-0.2, -0.15) is 13.2 Å². The van der Waals surface area contributed by atoms with E-state index in [-0.39, 0.29) is 0 Å². The maximum absolute atomic E-state index is 10.8. The Balaban J connectivity index is 0.000000399. The van der Waals surface area contributed by atoms with Gasteiger partial charge in [0.15, 0.2) is 0 Å². The molecule has 110 valence electrons. The minimum atomic E-state index is -5.08. The van der Waals surface area contributed by atoms with Crippen molar-refractivity contribution in [3.8, 4) is 0 Å². The molecule has 0 aliphatic carbocycles. The topological polar surface area (TPSA) is 136 Å². The van der Waals surface area contributed by atoms with E-state index in [1.54, 1.807) is 0 Å². The van der Waals surface area contributed by atoms with Crippen LogP contribution in [-0.4, -0.2) is 41.7 Å². The van der Waals surface area contributed by atoms with Crippen LogP contribution in [0.25, 0.3) is 0 Å². The first-order valence-corrected chi connectivity index (χ1v) is 5.19. The molecule has 2 atom stereocenters. The summed E-state index contributed by atoms with van der Waals surface area (Å²) < 4.78 is 31.7. The van der Waals surface area contributed by atoms with Crippen molar-refractivity contribution in [3.05, 3.63) is 0 Å². The lowest BCUT2D eigenvalue weighted by molar-refractivity contribution is -0.192. The van der Waals surface area contributed by atoms with Crippen LogP contribution >= 0.6 is 0 Å². The zero-order chi connectivity index (χ0) is 15.2. The van der Waals surface area contributed by atoms with Gasteiger partial charge in [0, 0.05) is 0 Å². The van der Waals surface area contributed by atoms with Gasteiger partial charge in [-0.25, -0.2) is 4.79 Å². The van der Waals surface area contributed by atoms with Gasteiger partial charge in [0.2, 0.25) is 11.8 Å². The van der Waals surface area contributed by atoms with Crippen molar-refractivity contribution in [2.24, 2.45) is 17.4 Å². The van der Waals surface area contributed by atoms with E-state index in [2.05, 4.69) is 5.32 Å². The van der Waals surface area contributed by atoms with E-state index in [0.29, 0.717) is 6.42 Å². The van der Waals surface area contributed by atoms with Crippen LogP contribution in [0.1, 0.15) is 12.8 Å². The minimum Gasteiger partial charge on any atom is -0.475 e. The summed E-state index contributed by atoms with van der Waals surface area (Å²) in [5.74, 6) is -4.15. The standard InChI is InChI=1S/C7H13N3O2.C2HF3O2/c8-6(11)4-2-1-3-10-5(4)7(9)12;3-2(4,5)1(6)7/h4-5,10H,1-3H2,(H2,8,11)(H2,9,12);(H,6,7). The molecule has 1 aliphatic rings. The number of nitrogens with one attached hydrogen (secondary N) is 1. The van der Waals surface area contributed by atoms with Crippen molar-refractivity contribution in [1.82, 2.24) is 5.32 Å². The number of hydrogen-bond donors (Lipinski definition) is 4. The third-order valence-corrected chi connectivity index (χ3v) is 2.37. The Labute approximate surface area is 106 Å². The Hall–Kier alpha value is -1.84. The molecule has 1 fully saturated rings. The first kappa shape index (κ1) is 17.2. The van der Waals surface area contributed by atoms with Crippen LogP contribution in [0, 0.1) is 5.92 Å². The quantitative estimate of drug-likeness (QED) is 0.513. The van der Waals surface area contributed by atoms with Crippen LogP contribution in [0.15, 0.2) is 0 Å². The minimum absolute atomic E-state index is 0.434. The number of primary amides is 2. The molecule has 2 amide bonds. The predicted octanol–water partition coefficient (Wildman–Crippen LogP) is -1.04. The van der Waals surface area contributed by atoms with Crippen LogP contribution in [0.3, 0.4) is 0 Å². The molecule has 7 nitrogen and oxygen atoms in total. The largest absolute Gasteiger partial charge is 0.490 e. The van der Waals surface area contributed by atoms with Gasteiger partial charge in [-0.1, -0.05) is 0 Å². The van der Waals surface area contributed by atoms with E-state index in [9.17, 15) is 22.8 Å². The first-order chi connectivity index (χ1) is 8.57. The normalized spacial score (nSPS) is 22.9. The molecule has 0 aromatic rings. The first-order valence-electron chi connectivity index (χ1n) is 5.19. The highest BCUT2D eigenvalue weighted by Crippen LogP contribution is 2.15. The van der Waals surface area contributed by atoms with Gasteiger partial charge in [-0.15, -0.1) is 0 Å². The predicted molar refractivity (Wildman–Crippen MR) is 56.6 cm³/mol. The van der Waals surface area contributed by atoms with Gasteiger partial charge in [-0.3, -0.25) is 9.59 Å². The van der Waals surface area contributed by atoms with Crippen LogP contribution in [0.4, 0.5) is 13.2 Å². The molecule has 1 rings (SSSR count). The van der Waals surface area contributed by atoms with Crippen LogP contribution in [0.2, 0.25) is 0 Å². The fourth-order valence-corrected chi connectivity index (χ4v) is 1.49. The fraction of sp³-hybridized carbons (Fsp3) is 0.667. The number of piperidine rings is 1. The van der Waals surface area contributed by atoms with Crippen molar-refractivity contribution in [2.45, 2.75) is 25.1 Å². The molecule has 0 bridgehead atoms. The number of nitrogens with two attached hydrogens (primary N) is 2. The van der Waals surface area contributed by atoms with E-state index in [0.717, 1.165) is 13.0 Å². The van der Waals surface area contributed by atoms with Crippen molar-refractivity contribution in [2.75, 3.05) is 6.54 Å². The Morgan fingerprint density at radius 1 is 1.16 bits per heavy atom. The fourth-order valence-electron chi connectivity index (χ4n) is 1.49. The SMILES string of the molecule is NC(=O)C1CCCNC1C(N)=O.O=C(O)C(F)(F)F. The lowest BCUT2D eigenvalue weighted by Crippen LogP contribution is -2.53. The average Bonchev–Trinajstić information content (AvgIpc) is 2.28. The highest BCUT2D eigenvalue weighted by molar-refractivity contribution is 5.88. The molecule has 10 heteroatoms. The number of halogens is 3. The summed E-state index contributed by atoms with van der Waals surface area (Å²) in [7, 11) is 0. The van der Waals surface area contributed by atoms with E-state index in [4.69, 9.17) is 21.4 Å². The number of amides is 2. The third-order valence-electron chi connectivity index (χ3n) is 2.37. The molecule has 1 heterocycles. The second-order valence-electron chi connectivity index (χ2n) is 3.79. The number of hydrogen-bond acceptors (Lipinski definition) is 4. The molecule has 1 saturated heterocycles. The molecular weight excluding hydrogens is 271 g/mol. The zero-order valence-corrected chi connectivity index (χ0v) is 9.74. The maximum Gasteiger partial charge on any atom is 0.490 e. The smallest absolute Gasteiger partial charge is 0.475 e. The zero-order valence-electron chi connectivity index (χ0n) is 9.74. The Morgan fingerprint density at radius 3 is 1.89 bits per heavy atom. The van der Waals surface area contributed by atoms with E-state index >= 15 is 0 Å². The van der Waals surface area contributed by atoms with Gasteiger partial charge in [0.05, 0.1) is 12.0 Å². The summed E-state index contributed by atoms with van der Waals surface area (Å²) in [5.41, 5.74) is 10.2. The van der Waals surface area contributed by atoms with E-state index < -0.39 is 35.9 Å². The van der Waals surface area contributed by atoms with Crippen LogP contribution in [-0.2, 0) is 14.4 Å². The lowest BCUT2D eigenvalue weighted by atomic mass is 9.90. The summed E-state index contributed by atoms with van der Waals surface area (Å²) in [6.45, 7) is 0.720. The summed E-state index contributed by atoms with van der Waals surface area (Å²) in [6.07, 6.45) is -3.58. The van der Waals surface area contributed by atoms with Crippen molar-refractivity contribution in [1.29, 1.82) is 0 Å². The highest BCUT2D eigenvalue weighted by atomic mass is 19.4. The number of carboxylic acid groups (broad SMARTS) is 1. The molecule has 0 aromatic carbocycles. The van der Waals surface area contributed by atoms with Gasteiger partial charge in [0.1, 0.15) is 0 Å². The lowest BCUT2D eigenvalue weighted by Gasteiger charge is -2.27. The number of aliphatic carboxylic acids is 1. The monoisotopic (exact) mass is 285 g/mol. The number of rotatable bonds is 2. The van der Waals surface area contributed by atoms with E-state index in [1.165, 1.54) is 0 Å². The Bertz CT molecular complexity index is 337. The average molecular weight is 285 g/mol. The molecule has 2 unspecified atom stereocenters. The maximum atomic E-state index is 10.8. The molecule has 0 radical (unpaired) electrons. The molecule has 0 aromatic heterocycles. The number of alkyl halides is 3. The van der Waals surface area contributed by atoms with Gasteiger partial charge in [0.25, 0.3) is 0 Å². The van der Waals surface area contributed by atoms with Gasteiger partial charge < -0.3 is 21.9 Å². The summed E-state index contributed by atoms with van der Waals surface area (Å²) >= 11 is 0. The molecular formula is C9H14F3N3O4. The molecule has 19 heavy (non-hydrogen) atoms. The molecule has 0 spiro atoms. The van der Waals surface area contributed by atoms with Gasteiger partial charge in [-0.05, 0) is 19.4 Å². The highest BCUT2D eigenvalue weighted by Gasteiger charge is 2.38. The number of carboxylic acids is 1. The number of carbonyl (C=O) groups excluding carboxylic acids is 2. The number of carbonyl (C=O) groups is 3. The van der Waals surface area contributed by atoms with Crippen molar-refractivity contribution < 1.29 is 32.7 Å². The molecule has 1 aliphatic heterocycles. The third kappa shape index (κ3) is 6.04. The summed E-state index contributed by atoms with van der Waals surface area (Å²) in [5, 5.41) is 10.00. The van der Waals surface area contributed by atoms with Crippen molar-refractivity contribution in [3.63, 3.8) is 0 Å². The van der Waals surface area contributed by atoms with Crippen LogP contribution < -0.4 is 16.8 Å². The Morgan fingerprint density at radius 2 is 1.63 bits per heavy atom. The van der Waals surface area contributed by atoms with Crippen LogP contribution in [0.5, 0.6) is 0 Å². The second-order valence-corrected chi connectivity index (χ2v) is 3.79.